The van der Waals surface area contributed by atoms with Gasteiger partial charge < -0.3 is 20.8 Å². The Balaban J connectivity index is 2.13. The first-order valence-electron chi connectivity index (χ1n) is 9.89. The number of furan rings is 1. The summed E-state index contributed by atoms with van der Waals surface area (Å²) >= 11 is 6.47. The number of hydrogen-bond donors (Lipinski definition) is 3. The Morgan fingerprint density at radius 2 is 1.90 bits per heavy atom. The molecule has 158 valence electrons. The Labute approximate surface area is 177 Å². The van der Waals surface area contributed by atoms with Crippen molar-refractivity contribution in [2.24, 2.45) is 10.7 Å². The molecule has 29 heavy (non-hydrogen) atoms. The summed E-state index contributed by atoms with van der Waals surface area (Å²) in [5.74, 6) is 0.775. The molecule has 8 heteroatoms. The van der Waals surface area contributed by atoms with Gasteiger partial charge in [0.25, 0.3) is 5.91 Å². The highest BCUT2D eigenvalue weighted by Crippen LogP contribution is 2.26. The zero-order valence-corrected chi connectivity index (χ0v) is 18.0. The van der Waals surface area contributed by atoms with Gasteiger partial charge in [0.2, 0.25) is 0 Å². The first-order valence-corrected chi connectivity index (χ1v) is 10.3. The summed E-state index contributed by atoms with van der Waals surface area (Å²) < 4.78 is 5.39. The molecule has 1 amide bonds. The van der Waals surface area contributed by atoms with Gasteiger partial charge in [-0.3, -0.25) is 9.69 Å². The molecule has 1 unspecified atom stereocenters. The monoisotopic (exact) mass is 419 g/mol. The van der Waals surface area contributed by atoms with E-state index < -0.39 is 5.91 Å². The smallest absolute Gasteiger partial charge is 0.284 e. The van der Waals surface area contributed by atoms with E-state index >= 15 is 0 Å². The van der Waals surface area contributed by atoms with E-state index in [2.05, 4.69) is 40.4 Å². The van der Waals surface area contributed by atoms with Crippen molar-refractivity contribution in [3.05, 3.63) is 58.5 Å². The molecular weight excluding hydrogens is 390 g/mol. The van der Waals surface area contributed by atoms with E-state index in [0.29, 0.717) is 24.8 Å². The predicted octanol–water partition coefficient (Wildman–Crippen LogP) is 3.17. The van der Waals surface area contributed by atoms with Crippen LogP contribution in [0, 0.1) is 0 Å². The summed E-state index contributed by atoms with van der Waals surface area (Å²) in [5.41, 5.74) is 6.31. The molecule has 0 saturated heterocycles. The third-order valence-corrected chi connectivity index (χ3v) is 4.97. The van der Waals surface area contributed by atoms with Crippen LogP contribution in [0.3, 0.4) is 0 Å². The van der Waals surface area contributed by atoms with Crippen LogP contribution in [0.15, 0.2) is 45.8 Å². The minimum atomic E-state index is -0.591. The van der Waals surface area contributed by atoms with E-state index in [1.165, 1.54) is 0 Å². The van der Waals surface area contributed by atoms with Gasteiger partial charge in [0.1, 0.15) is 12.3 Å². The molecule has 1 heterocycles. The minimum absolute atomic E-state index is 0.104. The number of primary amides is 1. The third kappa shape index (κ3) is 6.51. The van der Waals surface area contributed by atoms with Crippen LogP contribution in [-0.2, 0) is 6.54 Å². The van der Waals surface area contributed by atoms with Crippen molar-refractivity contribution in [2.45, 2.75) is 33.4 Å². The number of halogens is 1. The van der Waals surface area contributed by atoms with E-state index in [0.717, 1.165) is 30.2 Å². The van der Waals surface area contributed by atoms with Crippen molar-refractivity contribution in [1.82, 2.24) is 15.5 Å². The number of benzene rings is 1. The Hall–Kier alpha value is -2.51. The summed E-state index contributed by atoms with van der Waals surface area (Å²) in [5, 5.41) is 7.39. The second-order valence-electron chi connectivity index (χ2n) is 6.46. The molecule has 0 aliphatic rings. The number of carbonyl (C=O) groups excluding carboxylic acids is 1. The van der Waals surface area contributed by atoms with E-state index in [-0.39, 0.29) is 11.8 Å². The van der Waals surface area contributed by atoms with E-state index in [1.54, 1.807) is 12.1 Å². The maximum Gasteiger partial charge on any atom is 0.284 e. The Morgan fingerprint density at radius 3 is 2.48 bits per heavy atom. The molecule has 1 aromatic carbocycles. The van der Waals surface area contributed by atoms with Gasteiger partial charge in [-0.25, -0.2) is 4.99 Å². The number of nitrogens with two attached hydrogens (primary N) is 1. The number of nitrogens with one attached hydrogen (secondary N) is 2. The molecule has 0 aliphatic carbocycles. The molecule has 1 aromatic heterocycles. The molecule has 7 nitrogen and oxygen atoms in total. The largest absolute Gasteiger partial charge is 0.454 e. The Bertz CT molecular complexity index is 817. The van der Waals surface area contributed by atoms with Crippen molar-refractivity contribution in [2.75, 3.05) is 26.2 Å². The van der Waals surface area contributed by atoms with Crippen LogP contribution in [0.1, 0.15) is 48.7 Å². The third-order valence-electron chi connectivity index (χ3n) is 4.62. The van der Waals surface area contributed by atoms with Crippen molar-refractivity contribution in [3.63, 3.8) is 0 Å². The molecule has 0 radical (unpaired) electrons. The van der Waals surface area contributed by atoms with E-state index in [4.69, 9.17) is 21.8 Å². The highest BCUT2D eigenvalue weighted by molar-refractivity contribution is 6.31. The topological polar surface area (TPSA) is 95.9 Å². The first kappa shape index (κ1) is 22.8. The lowest BCUT2D eigenvalue weighted by molar-refractivity contribution is 0.0972. The van der Waals surface area contributed by atoms with E-state index in [9.17, 15) is 4.79 Å². The molecule has 0 saturated carbocycles. The fraction of sp³-hybridized carbons (Fsp3) is 0.429. The minimum Gasteiger partial charge on any atom is -0.454 e. The molecule has 0 aliphatic heterocycles. The van der Waals surface area contributed by atoms with Crippen molar-refractivity contribution < 1.29 is 9.21 Å². The zero-order chi connectivity index (χ0) is 21.2. The fourth-order valence-electron chi connectivity index (χ4n) is 3.13. The lowest BCUT2D eigenvalue weighted by Gasteiger charge is -2.31. The molecule has 2 aromatic rings. The Kier molecular flexibility index (Phi) is 9.02. The number of rotatable bonds is 10. The number of carbonyl (C=O) groups is 1. The summed E-state index contributed by atoms with van der Waals surface area (Å²) in [7, 11) is 0. The summed E-state index contributed by atoms with van der Waals surface area (Å²) in [6.07, 6.45) is 0. The van der Waals surface area contributed by atoms with Crippen LogP contribution in [-0.4, -0.2) is 42.9 Å². The van der Waals surface area contributed by atoms with Gasteiger partial charge in [0.15, 0.2) is 11.7 Å². The van der Waals surface area contributed by atoms with Crippen LogP contribution in [0.25, 0.3) is 0 Å². The highest BCUT2D eigenvalue weighted by atomic mass is 35.5. The molecular formula is C21H30ClN5O2. The molecule has 1 atom stereocenters. The summed E-state index contributed by atoms with van der Waals surface area (Å²) in [6, 6.07) is 11.3. The number of aliphatic imine (C=N–C) groups is 1. The van der Waals surface area contributed by atoms with Crippen molar-refractivity contribution in [1.29, 1.82) is 0 Å². The van der Waals surface area contributed by atoms with Gasteiger partial charge in [0.05, 0.1) is 6.04 Å². The van der Waals surface area contributed by atoms with E-state index in [1.807, 2.05) is 25.1 Å². The molecule has 4 N–H and O–H groups in total. The van der Waals surface area contributed by atoms with Gasteiger partial charge in [-0.1, -0.05) is 43.6 Å². The molecule has 0 bridgehead atoms. The second kappa shape index (κ2) is 11.5. The lowest BCUT2D eigenvalue weighted by atomic mass is 10.0. The molecule has 0 spiro atoms. The fourth-order valence-corrected chi connectivity index (χ4v) is 3.39. The molecule has 0 fully saturated rings. The average molecular weight is 420 g/mol. The standard InChI is InChI=1S/C21H30ClN5O2/c1-4-24-21(25-13-15-11-12-19(29-15)20(23)28)26-14-18(27(5-2)6-3)16-9-7-8-10-17(16)22/h7-12,18H,4-6,13-14H2,1-3H3,(H2,23,28)(H2,24,25,26). The molecule has 2 rings (SSSR count). The van der Waals surface area contributed by atoms with Gasteiger partial charge in [-0.05, 0) is 43.8 Å². The van der Waals surface area contributed by atoms with Crippen molar-refractivity contribution >= 4 is 23.5 Å². The van der Waals surface area contributed by atoms with Crippen LogP contribution < -0.4 is 16.4 Å². The summed E-state index contributed by atoms with van der Waals surface area (Å²) in [4.78, 5) is 18.1. The van der Waals surface area contributed by atoms with Gasteiger partial charge in [0, 0.05) is 18.1 Å². The lowest BCUT2D eigenvalue weighted by Crippen LogP contribution is -2.43. The maximum absolute atomic E-state index is 11.2. The quantitative estimate of drug-likeness (QED) is 0.406. The first-order chi connectivity index (χ1) is 14.0. The van der Waals surface area contributed by atoms with Gasteiger partial charge in [-0.15, -0.1) is 0 Å². The van der Waals surface area contributed by atoms with Crippen LogP contribution in [0.5, 0.6) is 0 Å². The number of likely N-dealkylation sites (N-methyl/N-ethyl adjacent to an activating group) is 1. The predicted molar refractivity (Wildman–Crippen MR) is 117 cm³/mol. The zero-order valence-electron chi connectivity index (χ0n) is 17.2. The number of hydrogen-bond acceptors (Lipinski definition) is 4. The normalized spacial score (nSPS) is 12.8. The van der Waals surface area contributed by atoms with Crippen LogP contribution in [0.2, 0.25) is 5.02 Å². The van der Waals surface area contributed by atoms with Crippen LogP contribution >= 0.6 is 11.6 Å². The number of nitrogens with zero attached hydrogens (tertiary/aromatic N) is 2. The number of amides is 1. The maximum atomic E-state index is 11.2. The van der Waals surface area contributed by atoms with Crippen molar-refractivity contribution in [3.8, 4) is 0 Å². The van der Waals surface area contributed by atoms with Gasteiger partial charge in [-0.2, -0.15) is 0 Å². The SMILES string of the molecule is CCNC(=NCc1ccc(C(N)=O)o1)NCC(c1ccccc1Cl)N(CC)CC. The summed E-state index contributed by atoms with van der Waals surface area (Å²) in [6.45, 7) is 9.75. The van der Waals surface area contributed by atoms with Crippen LogP contribution in [0.4, 0.5) is 0 Å². The highest BCUT2D eigenvalue weighted by Gasteiger charge is 2.20. The number of guanidine groups is 1. The average Bonchev–Trinajstić information content (AvgIpc) is 3.19. The second-order valence-corrected chi connectivity index (χ2v) is 6.87. The Morgan fingerprint density at radius 1 is 1.17 bits per heavy atom. The van der Waals surface area contributed by atoms with Gasteiger partial charge >= 0.3 is 0 Å².